The van der Waals surface area contributed by atoms with Crippen LogP contribution in [0.1, 0.15) is 5.56 Å². The summed E-state index contributed by atoms with van der Waals surface area (Å²) in [5.74, 6) is -0.414. The van der Waals surface area contributed by atoms with Crippen LogP contribution in [-0.2, 0) is 11.2 Å². The molecule has 0 spiro atoms. The SMILES string of the molecule is CNCCOCCc1ccc2oc(=O)[nH]c2c1. The summed E-state index contributed by atoms with van der Waals surface area (Å²) in [4.78, 5) is 13.6. The number of H-pyrrole nitrogens is 1. The van der Waals surface area contributed by atoms with Gasteiger partial charge in [-0.3, -0.25) is 4.98 Å². The molecule has 0 aliphatic heterocycles. The van der Waals surface area contributed by atoms with E-state index >= 15 is 0 Å². The Hall–Kier alpha value is -1.59. The fourth-order valence-electron chi connectivity index (χ4n) is 1.62. The van der Waals surface area contributed by atoms with Gasteiger partial charge in [-0.2, -0.15) is 0 Å². The van der Waals surface area contributed by atoms with Crippen LogP contribution in [0.5, 0.6) is 0 Å². The fourth-order valence-corrected chi connectivity index (χ4v) is 1.62. The summed E-state index contributed by atoms with van der Waals surface area (Å²) in [6, 6.07) is 5.67. The van der Waals surface area contributed by atoms with Crippen LogP contribution in [0.25, 0.3) is 11.1 Å². The highest BCUT2D eigenvalue weighted by Gasteiger charge is 2.01. The minimum absolute atomic E-state index is 0.414. The lowest BCUT2D eigenvalue weighted by molar-refractivity contribution is 0.140. The molecule has 1 aromatic heterocycles. The number of aromatic nitrogens is 1. The summed E-state index contributed by atoms with van der Waals surface area (Å²) in [7, 11) is 1.90. The highest BCUT2D eigenvalue weighted by Crippen LogP contribution is 2.12. The first-order valence-corrected chi connectivity index (χ1v) is 5.63. The Balaban J connectivity index is 1.92. The number of hydrogen-bond donors (Lipinski definition) is 2. The van der Waals surface area contributed by atoms with E-state index in [-0.39, 0.29) is 0 Å². The number of nitrogens with one attached hydrogen (secondary N) is 2. The van der Waals surface area contributed by atoms with Crippen molar-refractivity contribution in [3.05, 3.63) is 34.3 Å². The van der Waals surface area contributed by atoms with Gasteiger partial charge in [0.2, 0.25) is 0 Å². The van der Waals surface area contributed by atoms with Crippen molar-refractivity contribution >= 4 is 11.1 Å². The van der Waals surface area contributed by atoms with E-state index in [1.165, 1.54) is 0 Å². The second kappa shape index (κ2) is 5.65. The largest absolute Gasteiger partial charge is 0.417 e. The van der Waals surface area contributed by atoms with E-state index in [0.717, 1.165) is 24.0 Å². The molecule has 5 nitrogen and oxygen atoms in total. The average Bonchev–Trinajstić information content (AvgIpc) is 2.68. The van der Waals surface area contributed by atoms with Gasteiger partial charge in [-0.1, -0.05) is 6.07 Å². The molecule has 0 amide bonds. The van der Waals surface area contributed by atoms with Gasteiger partial charge in [0.05, 0.1) is 18.7 Å². The summed E-state index contributed by atoms with van der Waals surface area (Å²) in [6.07, 6.45) is 0.826. The first kappa shape index (κ1) is 11.9. The number of likely N-dealkylation sites (N-methyl/N-ethyl adjacent to an activating group) is 1. The van der Waals surface area contributed by atoms with Gasteiger partial charge < -0.3 is 14.5 Å². The summed E-state index contributed by atoms with van der Waals surface area (Å²) in [6.45, 7) is 2.24. The van der Waals surface area contributed by atoms with Gasteiger partial charge >= 0.3 is 5.76 Å². The molecule has 0 atom stereocenters. The van der Waals surface area contributed by atoms with Crippen LogP contribution in [0.3, 0.4) is 0 Å². The Labute approximate surface area is 98.8 Å². The molecule has 0 radical (unpaired) electrons. The zero-order chi connectivity index (χ0) is 12.1. The van der Waals surface area contributed by atoms with E-state index in [2.05, 4.69) is 10.3 Å². The molecule has 0 aliphatic rings. The standard InChI is InChI=1S/C12H16N2O3/c1-13-5-7-16-6-4-9-2-3-11-10(8-9)14-12(15)17-11/h2-3,8,13H,4-7H2,1H3,(H,14,15). The Bertz CT molecular complexity index is 530. The molecule has 1 aromatic carbocycles. The molecule has 0 unspecified atom stereocenters. The predicted octanol–water partition coefficient (Wildman–Crippen LogP) is 0.900. The van der Waals surface area contributed by atoms with Crippen LogP contribution in [-0.4, -0.2) is 31.8 Å². The highest BCUT2D eigenvalue weighted by molar-refractivity contribution is 5.72. The number of fused-ring (bicyclic) bond motifs is 1. The van der Waals surface area contributed by atoms with E-state index in [9.17, 15) is 4.79 Å². The van der Waals surface area contributed by atoms with Gasteiger partial charge in [0.1, 0.15) is 0 Å². The van der Waals surface area contributed by atoms with E-state index in [1.807, 2.05) is 19.2 Å². The molecular weight excluding hydrogens is 220 g/mol. The maximum Gasteiger partial charge on any atom is 0.417 e. The average molecular weight is 236 g/mol. The van der Waals surface area contributed by atoms with Crippen LogP contribution >= 0.6 is 0 Å². The molecule has 0 aliphatic carbocycles. The monoisotopic (exact) mass is 236 g/mol. The Kier molecular flexibility index (Phi) is 3.95. The number of aromatic amines is 1. The van der Waals surface area contributed by atoms with Crippen molar-refractivity contribution < 1.29 is 9.15 Å². The smallest absolute Gasteiger partial charge is 0.408 e. The molecule has 92 valence electrons. The molecule has 0 saturated carbocycles. The van der Waals surface area contributed by atoms with Crippen molar-refractivity contribution in [2.75, 3.05) is 26.8 Å². The molecule has 0 saturated heterocycles. The Morgan fingerprint density at radius 1 is 1.41 bits per heavy atom. The summed E-state index contributed by atoms with van der Waals surface area (Å²) in [5, 5.41) is 3.02. The molecule has 2 aromatic rings. The van der Waals surface area contributed by atoms with Crippen LogP contribution in [0, 0.1) is 0 Å². The normalized spacial score (nSPS) is 11.1. The maximum atomic E-state index is 11.0. The predicted molar refractivity (Wildman–Crippen MR) is 65.3 cm³/mol. The number of oxazole rings is 1. The topological polar surface area (TPSA) is 67.3 Å². The molecule has 17 heavy (non-hydrogen) atoms. The highest BCUT2D eigenvalue weighted by atomic mass is 16.5. The molecule has 0 fully saturated rings. The van der Waals surface area contributed by atoms with Gasteiger partial charge in [0, 0.05) is 6.54 Å². The summed E-state index contributed by atoms with van der Waals surface area (Å²) >= 11 is 0. The van der Waals surface area contributed by atoms with Crippen LogP contribution < -0.4 is 11.1 Å². The maximum absolute atomic E-state index is 11.0. The van der Waals surface area contributed by atoms with E-state index in [4.69, 9.17) is 9.15 Å². The van der Waals surface area contributed by atoms with Gasteiger partial charge in [-0.05, 0) is 31.2 Å². The zero-order valence-electron chi connectivity index (χ0n) is 9.79. The van der Waals surface area contributed by atoms with Gasteiger partial charge in [0.15, 0.2) is 5.58 Å². The van der Waals surface area contributed by atoms with Gasteiger partial charge in [-0.25, -0.2) is 4.79 Å². The van der Waals surface area contributed by atoms with E-state index < -0.39 is 5.76 Å². The molecule has 1 heterocycles. The molecule has 2 N–H and O–H groups in total. The van der Waals surface area contributed by atoms with Crippen LogP contribution in [0.15, 0.2) is 27.4 Å². The van der Waals surface area contributed by atoms with Crippen molar-refractivity contribution in [1.82, 2.24) is 10.3 Å². The number of hydrogen-bond acceptors (Lipinski definition) is 4. The lowest BCUT2D eigenvalue weighted by Crippen LogP contribution is -2.15. The molecule has 0 bridgehead atoms. The van der Waals surface area contributed by atoms with Crippen molar-refractivity contribution in [3.63, 3.8) is 0 Å². The lowest BCUT2D eigenvalue weighted by atomic mass is 10.1. The third kappa shape index (κ3) is 3.18. The van der Waals surface area contributed by atoms with Gasteiger partial charge in [0.25, 0.3) is 0 Å². The summed E-state index contributed by atoms with van der Waals surface area (Å²) < 4.78 is 10.4. The van der Waals surface area contributed by atoms with Crippen molar-refractivity contribution in [1.29, 1.82) is 0 Å². The third-order valence-electron chi connectivity index (χ3n) is 2.51. The molecular formula is C12H16N2O3. The first-order valence-electron chi connectivity index (χ1n) is 5.63. The molecule has 5 heteroatoms. The number of ether oxygens (including phenoxy) is 1. The van der Waals surface area contributed by atoms with E-state index in [0.29, 0.717) is 18.8 Å². The second-order valence-electron chi connectivity index (χ2n) is 3.81. The fraction of sp³-hybridized carbons (Fsp3) is 0.417. The number of benzene rings is 1. The van der Waals surface area contributed by atoms with Crippen LogP contribution in [0.2, 0.25) is 0 Å². The second-order valence-corrected chi connectivity index (χ2v) is 3.81. The zero-order valence-corrected chi connectivity index (χ0v) is 9.79. The Morgan fingerprint density at radius 2 is 2.29 bits per heavy atom. The third-order valence-corrected chi connectivity index (χ3v) is 2.51. The van der Waals surface area contributed by atoms with E-state index in [1.54, 1.807) is 6.07 Å². The van der Waals surface area contributed by atoms with Crippen molar-refractivity contribution in [3.8, 4) is 0 Å². The Morgan fingerprint density at radius 3 is 3.12 bits per heavy atom. The van der Waals surface area contributed by atoms with Crippen molar-refractivity contribution in [2.45, 2.75) is 6.42 Å². The quantitative estimate of drug-likeness (QED) is 0.731. The van der Waals surface area contributed by atoms with Crippen molar-refractivity contribution in [2.24, 2.45) is 0 Å². The minimum Gasteiger partial charge on any atom is -0.408 e. The number of rotatable bonds is 6. The van der Waals surface area contributed by atoms with Gasteiger partial charge in [-0.15, -0.1) is 0 Å². The minimum atomic E-state index is -0.414. The van der Waals surface area contributed by atoms with Crippen LogP contribution in [0.4, 0.5) is 0 Å². The first-order chi connectivity index (χ1) is 8.29. The molecule has 2 rings (SSSR count). The summed E-state index contributed by atoms with van der Waals surface area (Å²) in [5.41, 5.74) is 2.46. The lowest BCUT2D eigenvalue weighted by Gasteiger charge is -2.03.